The molecule has 0 radical (unpaired) electrons. The Bertz CT molecular complexity index is 1330. The van der Waals surface area contributed by atoms with E-state index in [9.17, 15) is 5.11 Å². The number of thiazole rings is 1. The molecule has 2 bridgehead atoms. The van der Waals surface area contributed by atoms with Crippen molar-refractivity contribution in [3.05, 3.63) is 35.6 Å². The van der Waals surface area contributed by atoms with Gasteiger partial charge in [-0.25, -0.2) is 14.4 Å². The highest BCUT2D eigenvalue weighted by Gasteiger charge is 2.56. The summed E-state index contributed by atoms with van der Waals surface area (Å²) in [5.41, 5.74) is 1.10. The van der Waals surface area contributed by atoms with E-state index in [1.54, 1.807) is 24.5 Å². The lowest BCUT2D eigenvalue weighted by Crippen LogP contribution is -2.58. The summed E-state index contributed by atoms with van der Waals surface area (Å²) in [7, 11) is 0. The fourth-order valence-corrected chi connectivity index (χ4v) is 7.33. The molecule has 0 amide bonds. The van der Waals surface area contributed by atoms with E-state index in [1.807, 2.05) is 12.1 Å². The fraction of sp³-hybridized carbons (Fsp3) is 0.519. The molecule has 1 aromatic carbocycles. The van der Waals surface area contributed by atoms with Gasteiger partial charge in [0.05, 0.1) is 22.7 Å². The molecule has 4 atom stereocenters. The molecule has 3 fully saturated rings. The fourth-order valence-electron chi connectivity index (χ4n) is 6.62. The Kier molecular flexibility index (Phi) is 5.48. The van der Waals surface area contributed by atoms with Crippen molar-refractivity contribution < 1.29 is 9.50 Å². The molecule has 0 saturated heterocycles. The minimum absolute atomic E-state index is 0.0257. The Labute approximate surface area is 214 Å². The zero-order chi connectivity index (χ0) is 25.1. The first-order chi connectivity index (χ1) is 17.3. The summed E-state index contributed by atoms with van der Waals surface area (Å²) in [4.78, 5) is 11.5. The van der Waals surface area contributed by atoms with Crippen LogP contribution in [0, 0.1) is 22.2 Å². The standard InChI is InChI=1S/C27H29FN6OS/c1-26-8-3-9-27(2,15-26)24(28)19(11-26)34(17-5-6-17)22-14-31-25(33-32-22)18-7-4-16(10-20(18)35)21-13-30-23(12-29)36-21/h4,7,10,13-14,17,19,24,35H,3,5-6,8-9,11,15H2,1-2H3/t19-,24-,26-,27-/m1/s1. The highest BCUT2D eigenvalue weighted by Crippen LogP contribution is 2.58. The second kappa shape index (κ2) is 8.48. The summed E-state index contributed by atoms with van der Waals surface area (Å²) >= 11 is 1.27. The molecular weight excluding hydrogens is 475 g/mol. The third kappa shape index (κ3) is 4.01. The normalized spacial score (nSPS) is 29.5. The van der Waals surface area contributed by atoms with Crippen molar-refractivity contribution >= 4 is 17.2 Å². The Morgan fingerprint density at radius 2 is 2.00 bits per heavy atom. The van der Waals surface area contributed by atoms with Gasteiger partial charge in [0.2, 0.25) is 0 Å². The van der Waals surface area contributed by atoms with Gasteiger partial charge in [0.25, 0.3) is 0 Å². The van der Waals surface area contributed by atoms with Crippen LogP contribution in [0.25, 0.3) is 21.8 Å². The van der Waals surface area contributed by atoms with Gasteiger partial charge in [-0.1, -0.05) is 26.3 Å². The molecule has 1 N–H and O–H groups in total. The number of rotatable bonds is 5. The van der Waals surface area contributed by atoms with Crippen LogP contribution in [0.15, 0.2) is 30.6 Å². The molecule has 7 nitrogen and oxygen atoms in total. The van der Waals surface area contributed by atoms with Gasteiger partial charge in [0.1, 0.15) is 18.0 Å². The maximum absolute atomic E-state index is 16.0. The number of hydrogen-bond acceptors (Lipinski definition) is 8. The number of phenols is 1. The first-order valence-electron chi connectivity index (χ1n) is 12.6. The minimum atomic E-state index is -0.905. The van der Waals surface area contributed by atoms with Crippen LogP contribution in [0.4, 0.5) is 10.2 Å². The molecule has 186 valence electrons. The second-order valence-electron chi connectivity index (χ2n) is 11.3. The highest BCUT2D eigenvalue weighted by molar-refractivity contribution is 7.15. The molecule has 0 spiro atoms. The Balaban J connectivity index is 1.28. The van der Waals surface area contributed by atoms with Crippen molar-refractivity contribution in [1.82, 2.24) is 20.2 Å². The summed E-state index contributed by atoms with van der Waals surface area (Å²) < 4.78 is 16.0. The number of nitrogens with zero attached hydrogens (tertiary/aromatic N) is 6. The van der Waals surface area contributed by atoms with Crippen LogP contribution in [0.2, 0.25) is 0 Å². The first-order valence-corrected chi connectivity index (χ1v) is 13.4. The number of nitriles is 1. The van der Waals surface area contributed by atoms with Crippen LogP contribution in [0.1, 0.15) is 63.8 Å². The Hall–Kier alpha value is -3.12. The third-order valence-corrected chi connectivity index (χ3v) is 9.25. The third-order valence-electron chi connectivity index (χ3n) is 8.30. The molecule has 0 aliphatic heterocycles. The zero-order valence-corrected chi connectivity index (χ0v) is 21.3. The van der Waals surface area contributed by atoms with E-state index in [-0.39, 0.29) is 28.7 Å². The van der Waals surface area contributed by atoms with E-state index in [2.05, 4.69) is 38.9 Å². The van der Waals surface area contributed by atoms with Crippen molar-refractivity contribution in [2.45, 2.75) is 77.0 Å². The van der Waals surface area contributed by atoms with Crippen LogP contribution >= 0.6 is 11.3 Å². The number of halogens is 1. The van der Waals surface area contributed by atoms with Crippen molar-refractivity contribution in [1.29, 1.82) is 5.26 Å². The van der Waals surface area contributed by atoms with Gasteiger partial charge in [0.15, 0.2) is 16.6 Å². The second-order valence-corrected chi connectivity index (χ2v) is 12.4. The molecule has 3 aromatic rings. The molecule has 0 unspecified atom stereocenters. The van der Waals surface area contributed by atoms with E-state index in [4.69, 9.17) is 5.26 Å². The first kappa shape index (κ1) is 23.3. The van der Waals surface area contributed by atoms with Gasteiger partial charge in [0, 0.05) is 17.7 Å². The number of aromatic hydroxyl groups is 1. The maximum atomic E-state index is 16.0. The molecule has 6 rings (SSSR count). The number of alkyl halides is 1. The van der Waals surface area contributed by atoms with Crippen molar-refractivity contribution in [3.8, 4) is 33.6 Å². The molecule has 3 saturated carbocycles. The zero-order valence-electron chi connectivity index (χ0n) is 20.5. The van der Waals surface area contributed by atoms with Crippen molar-refractivity contribution in [2.75, 3.05) is 4.90 Å². The number of phenolic OH excluding ortho intramolecular Hbond substituents is 1. The van der Waals surface area contributed by atoms with Crippen LogP contribution in [0.3, 0.4) is 0 Å². The molecule has 3 aliphatic rings. The smallest absolute Gasteiger partial charge is 0.194 e. The lowest BCUT2D eigenvalue weighted by atomic mass is 9.54. The van der Waals surface area contributed by atoms with Gasteiger partial charge < -0.3 is 10.0 Å². The monoisotopic (exact) mass is 504 g/mol. The number of anilines is 1. The topological polar surface area (TPSA) is 98.8 Å². The predicted octanol–water partition coefficient (Wildman–Crippen LogP) is 5.91. The van der Waals surface area contributed by atoms with Gasteiger partial charge in [-0.2, -0.15) is 5.26 Å². The largest absolute Gasteiger partial charge is 0.507 e. The molecule has 36 heavy (non-hydrogen) atoms. The molecular formula is C27H29FN6OS. The molecule has 9 heteroatoms. The van der Waals surface area contributed by atoms with Gasteiger partial charge in [-0.15, -0.1) is 21.5 Å². The number of hydrogen-bond donors (Lipinski definition) is 1. The van der Waals surface area contributed by atoms with E-state index in [0.29, 0.717) is 22.2 Å². The molecule has 3 aliphatic carbocycles. The molecule has 2 heterocycles. The summed E-state index contributed by atoms with van der Waals surface area (Å²) in [6, 6.07) is 7.30. The van der Waals surface area contributed by atoms with Crippen LogP contribution in [0.5, 0.6) is 5.75 Å². The van der Waals surface area contributed by atoms with E-state index in [0.717, 1.165) is 55.4 Å². The summed E-state index contributed by atoms with van der Waals surface area (Å²) in [6.45, 7) is 4.44. The minimum Gasteiger partial charge on any atom is -0.507 e. The predicted molar refractivity (Wildman–Crippen MR) is 136 cm³/mol. The van der Waals surface area contributed by atoms with Gasteiger partial charge >= 0.3 is 0 Å². The lowest BCUT2D eigenvalue weighted by Gasteiger charge is -2.56. The highest BCUT2D eigenvalue weighted by atomic mass is 32.1. The van der Waals surface area contributed by atoms with Gasteiger partial charge in [-0.05, 0) is 61.6 Å². The van der Waals surface area contributed by atoms with Crippen molar-refractivity contribution in [3.63, 3.8) is 0 Å². The SMILES string of the molecule is C[C@]12CCC[C@](C)(C1)[C@H](F)[C@H](N(c1cnc(-c3ccc(-c4cnc(C#N)s4)cc3O)nn1)C1CC1)C2. The van der Waals surface area contributed by atoms with Crippen molar-refractivity contribution in [2.24, 2.45) is 10.8 Å². The number of aromatic nitrogens is 4. The van der Waals surface area contributed by atoms with E-state index in [1.165, 1.54) is 11.3 Å². The van der Waals surface area contributed by atoms with Crippen LogP contribution in [-0.4, -0.2) is 43.5 Å². The Morgan fingerprint density at radius 3 is 2.67 bits per heavy atom. The van der Waals surface area contributed by atoms with E-state index >= 15 is 4.39 Å². The number of fused-ring (bicyclic) bond motifs is 2. The van der Waals surface area contributed by atoms with Crippen LogP contribution in [-0.2, 0) is 0 Å². The quantitative estimate of drug-likeness (QED) is 0.461. The maximum Gasteiger partial charge on any atom is 0.194 e. The van der Waals surface area contributed by atoms with Gasteiger partial charge in [-0.3, -0.25) is 0 Å². The summed E-state index contributed by atoms with van der Waals surface area (Å²) in [6.07, 6.45) is 9.44. The van der Waals surface area contributed by atoms with Crippen LogP contribution < -0.4 is 4.90 Å². The average Bonchev–Trinajstić information content (AvgIpc) is 3.57. The summed E-state index contributed by atoms with van der Waals surface area (Å²) in [5.74, 6) is 0.959. The molecule has 2 aromatic heterocycles. The summed E-state index contributed by atoms with van der Waals surface area (Å²) in [5, 5.41) is 28.9. The van der Waals surface area contributed by atoms with E-state index < -0.39 is 6.17 Å². The number of benzene rings is 1. The lowest BCUT2D eigenvalue weighted by molar-refractivity contribution is -0.0554. The average molecular weight is 505 g/mol. The Morgan fingerprint density at radius 1 is 1.17 bits per heavy atom.